The summed E-state index contributed by atoms with van der Waals surface area (Å²) in [7, 11) is 0. The number of carbonyl (C=O) groups excluding carboxylic acids is 1. The zero-order valence-electron chi connectivity index (χ0n) is 18.3. The molecule has 164 valence electrons. The zero-order valence-corrected chi connectivity index (χ0v) is 18.3. The summed E-state index contributed by atoms with van der Waals surface area (Å²) >= 11 is 0. The number of hydrogen-bond acceptors (Lipinski definition) is 2. The summed E-state index contributed by atoms with van der Waals surface area (Å²) in [5.74, 6) is 1.23. The van der Waals surface area contributed by atoms with Crippen molar-refractivity contribution in [3.05, 3.63) is 71.7 Å². The van der Waals surface area contributed by atoms with Crippen molar-refractivity contribution in [3.63, 3.8) is 0 Å². The molecule has 0 aliphatic heterocycles. The Kier molecular flexibility index (Phi) is 4.78. The number of hydrogen-bond donors (Lipinski definition) is 1. The Labute approximate surface area is 188 Å². The maximum atomic E-state index is 13.9. The minimum atomic E-state index is -0.208. The molecule has 1 N–H and O–H groups in total. The third-order valence-electron chi connectivity index (χ3n) is 8.37. The highest BCUT2D eigenvalue weighted by Gasteiger charge is 2.51. The van der Waals surface area contributed by atoms with Gasteiger partial charge in [-0.1, -0.05) is 12.1 Å². The Morgan fingerprint density at radius 1 is 0.906 bits per heavy atom. The second-order valence-corrected chi connectivity index (χ2v) is 10.2. The molecule has 32 heavy (non-hydrogen) atoms. The summed E-state index contributed by atoms with van der Waals surface area (Å²) in [6.45, 7) is 0. The van der Waals surface area contributed by atoms with E-state index in [1.54, 1.807) is 12.1 Å². The monoisotopic (exact) mass is 428 g/mol. The lowest BCUT2D eigenvalue weighted by atomic mass is 9.52. The van der Waals surface area contributed by atoms with E-state index in [2.05, 4.69) is 40.6 Å². The molecule has 3 aliphatic carbocycles. The molecule has 3 nitrogen and oxygen atoms in total. The maximum absolute atomic E-state index is 13.9. The van der Waals surface area contributed by atoms with E-state index in [0.717, 1.165) is 61.0 Å². The molecular weight excluding hydrogens is 399 g/mol. The number of nitrogens with one attached hydrogen (secondary N) is 1. The number of pyridine rings is 1. The van der Waals surface area contributed by atoms with Crippen molar-refractivity contribution in [1.82, 2.24) is 4.98 Å². The van der Waals surface area contributed by atoms with E-state index in [1.807, 2.05) is 6.20 Å². The number of halogens is 1. The highest BCUT2D eigenvalue weighted by molar-refractivity contribution is 5.93. The van der Waals surface area contributed by atoms with Crippen LogP contribution in [0.2, 0.25) is 0 Å². The van der Waals surface area contributed by atoms with Crippen LogP contribution in [0.25, 0.3) is 10.9 Å². The molecule has 3 aromatic rings. The lowest BCUT2D eigenvalue weighted by Crippen LogP contribution is -2.48. The van der Waals surface area contributed by atoms with Crippen molar-refractivity contribution in [2.45, 2.75) is 63.2 Å². The molecule has 1 aromatic heterocycles. The van der Waals surface area contributed by atoms with Crippen LogP contribution in [0, 0.1) is 17.2 Å². The van der Waals surface area contributed by atoms with Crippen LogP contribution in [0.3, 0.4) is 0 Å². The van der Waals surface area contributed by atoms with Gasteiger partial charge in [-0.25, -0.2) is 4.39 Å². The number of amides is 1. The minimum absolute atomic E-state index is 0.109. The predicted octanol–water partition coefficient (Wildman–Crippen LogP) is 6.94. The normalized spacial score (nSPS) is 27.3. The van der Waals surface area contributed by atoms with Gasteiger partial charge in [-0.3, -0.25) is 9.78 Å². The highest BCUT2D eigenvalue weighted by Crippen LogP contribution is 2.58. The molecule has 0 radical (unpaired) electrons. The van der Waals surface area contributed by atoms with Gasteiger partial charge in [-0.2, -0.15) is 0 Å². The average Bonchev–Trinajstić information content (AvgIpc) is 3.64. The number of nitrogens with zero attached hydrogens (tertiary/aromatic N) is 1. The Balaban J connectivity index is 1.13. The maximum Gasteiger partial charge on any atom is 0.228 e. The van der Waals surface area contributed by atoms with Gasteiger partial charge in [0, 0.05) is 23.2 Å². The molecule has 3 fully saturated rings. The first-order valence-electron chi connectivity index (χ1n) is 12.1. The van der Waals surface area contributed by atoms with Crippen molar-refractivity contribution in [3.8, 4) is 0 Å². The van der Waals surface area contributed by atoms with E-state index in [-0.39, 0.29) is 23.1 Å². The fraction of sp³-hybridized carbons (Fsp3) is 0.429. The van der Waals surface area contributed by atoms with Crippen LogP contribution in [0.4, 0.5) is 10.1 Å². The molecule has 2 aromatic carbocycles. The van der Waals surface area contributed by atoms with Gasteiger partial charge in [-0.15, -0.1) is 0 Å². The van der Waals surface area contributed by atoms with Crippen LogP contribution < -0.4 is 5.32 Å². The first-order valence-corrected chi connectivity index (χ1v) is 12.1. The molecule has 6 rings (SSSR count). The molecule has 0 bridgehead atoms. The summed E-state index contributed by atoms with van der Waals surface area (Å²) in [5.41, 5.74) is 4.52. The van der Waals surface area contributed by atoms with Crippen LogP contribution in [0.1, 0.15) is 74.3 Å². The van der Waals surface area contributed by atoms with Gasteiger partial charge in [0.1, 0.15) is 5.82 Å². The minimum Gasteiger partial charge on any atom is -0.326 e. The Bertz CT molecular complexity index is 1160. The van der Waals surface area contributed by atoms with E-state index >= 15 is 0 Å². The lowest BCUT2D eigenvalue weighted by molar-refractivity contribution is -0.133. The summed E-state index contributed by atoms with van der Waals surface area (Å²) in [4.78, 5) is 17.5. The van der Waals surface area contributed by atoms with Crippen LogP contribution in [0.5, 0.6) is 0 Å². The first kappa shape index (κ1) is 19.9. The van der Waals surface area contributed by atoms with Crippen molar-refractivity contribution >= 4 is 22.5 Å². The molecule has 1 heterocycles. The molecule has 0 unspecified atom stereocenters. The van der Waals surface area contributed by atoms with Gasteiger partial charge < -0.3 is 5.32 Å². The van der Waals surface area contributed by atoms with Crippen molar-refractivity contribution in [2.75, 3.05) is 5.32 Å². The van der Waals surface area contributed by atoms with E-state index in [4.69, 9.17) is 0 Å². The van der Waals surface area contributed by atoms with Crippen molar-refractivity contribution < 1.29 is 9.18 Å². The molecule has 3 saturated carbocycles. The van der Waals surface area contributed by atoms with Gasteiger partial charge in [0.2, 0.25) is 5.91 Å². The van der Waals surface area contributed by atoms with E-state index in [0.29, 0.717) is 5.92 Å². The molecular formula is C28H29FN2O. The van der Waals surface area contributed by atoms with Gasteiger partial charge in [0.15, 0.2) is 0 Å². The third-order valence-corrected chi connectivity index (χ3v) is 8.37. The fourth-order valence-electron chi connectivity index (χ4n) is 6.19. The Morgan fingerprint density at radius 3 is 2.34 bits per heavy atom. The lowest BCUT2D eigenvalue weighted by Gasteiger charge is -2.52. The van der Waals surface area contributed by atoms with Gasteiger partial charge in [0.05, 0.1) is 5.52 Å². The van der Waals surface area contributed by atoms with E-state index < -0.39 is 0 Å². The van der Waals surface area contributed by atoms with Crippen molar-refractivity contribution in [2.24, 2.45) is 11.3 Å². The Morgan fingerprint density at radius 2 is 1.66 bits per heavy atom. The molecule has 4 heteroatoms. The third kappa shape index (κ3) is 3.50. The molecule has 1 atom stereocenters. The van der Waals surface area contributed by atoms with E-state index in [9.17, 15) is 9.18 Å². The number of fused-ring (bicyclic) bond motifs is 1. The van der Waals surface area contributed by atoms with Gasteiger partial charge in [0.25, 0.3) is 0 Å². The smallest absolute Gasteiger partial charge is 0.228 e. The van der Waals surface area contributed by atoms with Crippen LogP contribution in [-0.4, -0.2) is 10.9 Å². The standard InChI is InChI=1S/C28H29FN2O/c29-21-5-8-26-24(17-21)23(12-16-30-26)20-9-13-28(14-10-20)15-11-25(28)27(32)31-22-6-3-19(4-7-22)18-1-2-18/h3-8,12,16-18,20,25H,1-2,9-11,13-15H2,(H,31,32)/t20?,25-,28?/m1/s1. The second kappa shape index (κ2) is 7.68. The van der Waals surface area contributed by atoms with Gasteiger partial charge in [-0.05, 0) is 116 Å². The SMILES string of the molecule is O=C(Nc1ccc(C2CC2)cc1)[C@H]1CCC12CCC(c1ccnc3ccc(F)cc13)CC2. The molecule has 1 amide bonds. The zero-order chi connectivity index (χ0) is 21.7. The van der Waals surface area contributed by atoms with Crippen molar-refractivity contribution in [1.29, 1.82) is 0 Å². The number of rotatable bonds is 4. The summed E-state index contributed by atoms with van der Waals surface area (Å²) in [6.07, 6.45) is 10.8. The van der Waals surface area contributed by atoms with Crippen LogP contribution in [0.15, 0.2) is 54.7 Å². The highest BCUT2D eigenvalue weighted by atomic mass is 19.1. The first-order chi connectivity index (χ1) is 15.6. The quantitative estimate of drug-likeness (QED) is 0.489. The summed E-state index contributed by atoms with van der Waals surface area (Å²) in [6, 6.07) is 15.4. The van der Waals surface area contributed by atoms with Crippen LogP contribution in [-0.2, 0) is 4.79 Å². The largest absolute Gasteiger partial charge is 0.326 e. The summed E-state index contributed by atoms with van der Waals surface area (Å²) < 4.78 is 13.9. The fourth-order valence-corrected chi connectivity index (χ4v) is 6.19. The number of aromatic nitrogens is 1. The predicted molar refractivity (Wildman–Crippen MR) is 125 cm³/mol. The number of benzene rings is 2. The number of anilines is 1. The summed E-state index contributed by atoms with van der Waals surface area (Å²) in [5, 5.41) is 4.12. The Hall–Kier alpha value is -2.75. The molecule has 3 aliphatic rings. The second-order valence-electron chi connectivity index (χ2n) is 10.2. The number of carbonyl (C=O) groups is 1. The molecule has 0 saturated heterocycles. The van der Waals surface area contributed by atoms with E-state index in [1.165, 1.54) is 30.0 Å². The topological polar surface area (TPSA) is 42.0 Å². The molecule has 1 spiro atoms. The average molecular weight is 429 g/mol. The van der Waals surface area contributed by atoms with Crippen LogP contribution >= 0.6 is 0 Å². The van der Waals surface area contributed by atoms with Gasteiger partial charge >= 0.3 is 0 Å².